The zero-order chi connectivity index (χ0) is 11.8. The molecule has 0 N–H and O–H groups in total. The first-order valence-electron chi connectivity index (χ1n) is 5.79. The molecule has 5 heteroatoms. The first kappa shape index (κ1) is 10.3. The van der Waals surface area contributed by atoms with Gasteiger partial charge in [0.05, 0.1) is 6.04 Å². The second-order valence-corrected chi connectivity index (χ2v) is 4.50. The fourth-order valence-electron chi connectivity index (χ4n) is 2.13. The van der Waals surface area contributed by atoms with E-state index in [9.17, 15) is 0 Å². The first-order chi connectivity index (χ1) is 8.22. The van der Waals surface area contributed by atoms with E-state index < -0.39 is 0 Å². The minimum absolute atomic E-state index is 0.453. The second kappa shape index (κ2) is 3.84. The van der Waals surface area contributed by atoms with Crippen molar-refractivity contribution in [3.63, 3.8) is 0 Å². The van der Waals surface area contributed by atoms with Crippen LogP contribution in [0.2, 0.25) is 0 Å². The van der Waals surface area contributed by atoms with Gasteiger partial charge in [-0.1, -0.05) is 0 Å². The normalized spacial score (nSPS) is 16.0. The molecule has 0 atom stereocenters. The van der Waals surface area contributed by atoms with Crippen molar-refractivity contribution in [3.05, 3.63) is 35.9 Å². The van der Waals surface area contributed by atoms with Crippen molar-refractivity contribution in [1.82, 2.24) is 19.7 Å². The van der Waals surface area contributed by atoms with Gasteiger partial charge in [0.2, 0.25) is 5.95 Å². The highest BCUT2D eigenvalue weighted by atomic mass is 15.4. The van der Waals surface area contributed by atoms with Gasteiger partial charge < -0.3 is 4.90 Å². The van der Waals surface area contributed by atoms with Crippen LogP contribution in [0, 0.1) is 13.8 Å². The Kier molecular flexibility index (Phi) is 2.31. The highest BCUT2D eigenvalue weighted by Gasteiger charge is 2.30. The average Bonchev–Trinajstić information content (AvgIpc) is 2.66. The molecular weight excluding hydrogens is 214 g/mol. The van der Waals surface area contributed by atoms with Crippen LogP contribution in [0.4, 0.5) is 5.95 Å². The van der Waals surface area contributed by atoms with Gasteiger partial charge in [-0.3, -0.25) is 4.68 Å². The van der Waals surface area contributed by atoms with E-state index in [1.165, 1.54) is 0 Å². The highest BCUT2D eigenvalue weighted by molar-refractivity contribution is 5.36. The van der Waals surface area contributed by atoms with Gasteiger partial charge in [0.1, 0.15) is 0 Å². The summed E-state index contributed by atoms with van der Waals surface area (Å²) in [5.74, 6) is 0.839. The molecular formula is C12H15N5. The van der Waals surface area contributed by atoms with Crippen LogP contribution in [0.25, 0.3) is 0 Å². The lowest BCUT2D eigenvalue weighted by atomic mass is 10.1. The van der Waals surface area contributed by atoms with Crippen molar-refractivity contribution < 1.29 is 0 Å². The number of anilines is 1. The Morgan fingerprint density at radius 3 is 2.47 bits per heavy atom. The van der Waals surface area contributed by atoms with Gasteiger partial charge in [-0.15, -0.1) is 0 Å². The van der Waals surface area contributed by atoms with Crippen molar-refractivity contribution >= 4 is 5.95 Å². The minimum atomic E-state index is 0.453. The summed E-state index contributed by atoms with van der Waals surface area (Å²) in [7, 11) is 0. The number of rotatable bonds is 2. The smallest absolute Gasteiger partial charge is 0.225 e. The molecule has 1 saturated heterocycles. The molecule has 0 aromatic carbocycles. The van der Waals surface area contributed by atoms with Gasteiger partial charge in [-0.25, -0.2) is 9.97 Å². The van der Waals surface area contributed by atoms with Gasteiger partial charge in [0.15, 0.2) is 0 Å². The molecule has 17 heavy (non-hydrogen) atoms. The van der Waals surface area contributed by atoms with Gasteiger partial charge >= 0.3 is 0 Å². The van der Waals surface area contributed by atoms with Crippen LogP contribution in [-0.4, -0.2) is 32.8 Å². The summed E-state index contributed by atoms with van der Waals surface area (Å²) < 4.78 is 2.00. The Bertz CT molecular complexity index is 493. The summed E-state index contributed by atoms with van der Waals surface area (Å²) in [5.41, 5.74) is 2.05. The zero-order valence-corrected chi connectivity index (χ0v) is 10.0. The van der Waals surface area contributed by atoms with Crippen molar-refractivity contribution in [1.29, 1.82) is 0 Å². The van der Waals surface area contributed by atoms with Gasteiger partial charge in [0, 0.05) is 36.9 Å². The maximum Gasteiger partial charge on any atom is 0.225 e. The van der Waals surface area contributed by atoms with E-state index in [1.807, 2.05) is 43.1 Å². The number of nitrogens with zero attached hydrogens (tertiary/aromatic N) is 5. The van der Waals surface area contributed by atoms with Gasteiger partial charge in [-0.05, 0) is 26.0 Å². The first-order valence-corrected chi connectivity index (χ1v) is 5.79. The quantitative estimate of drug-likeness (QED) is 0.780. The predicted molar refractivity (Wildman–Crippen MR) is 65.0 cm³/mol. The summed E-state index contributed by atoms with van der Waals surface area (Å²) in [6, 6.07) is 4.40. The molecule has 2 aromatic heterocycles. The molecule has 0 unspecified atom stereocenters. The minimum Gasteiger partial charge on any atom is -0.336 e. The third kappa shape index (κ3) is 1.88. The van der Waals surface area contributed by atoms with E-state index in [-0.39, 0.29) is 0 Å². The van der Waals surface area contributed by atoms with Crippen LogP contribution < -0.4 is 4.90 Å². The van der Waals surface area contributed by atoms with Crippen molar-refractivity contribution in [2.75, 3.05) is 18.0 Å². The number of hydrogen-bond donors (Lipinski definition) is 0. The monoisotopic (exact) mass is 229 g/mol. The third-order valence-corrected chi connectivity index (χ3v) is 3.01. The molecule has 0 amide bonds. The van der Waals surface area contributed by atoms with Crippen molar-refractivity contribution in [3.8, 4) is 0 Å². The molecule has 3 heterocycles. The van der Waals surface area contributed by atoms with Crippen LogP contribution in [-0.2, 0) is 0 Å². The average molecular weight is 229 g/mol. The number of aromatic nitrogens is 4. The van der Waals surface area contributed by atoms with Crippen molar-refractivity contribution in [2.24, 2.45) is 0 Å². The largest absolute Gasteiger partial charge is 0.336 e. The highest BCUT2D eigenvalue weighted by Crippen LogP contribution is 2.24. The Labute approximate surface area is 100 Å². The van der Waals surface area contributed by atoms with E-state index in [4.69, 9.17) is 0 Å². The molecule has 1 fully saturated rings. The topological polar surface area (TPSA) is 46.8 Å². The Morgan fingerprint density at radius 1 is 1.18 bits per heavy atom. The molecule has 0 saturated carbocycles. The van der Waals surface area contributed by atoms with Crippen LogP contribution in [0.15, 0.2) is 24.5 Å². The fourth-order valence-corrected chi connectivity index (χ4v) is 2.13. The van der Waals surface area contributed by atoms with E-state index >= 15 is 0 Å². The molecule has 0 aliphatic carbocycles. The lowest BCUT2D eigenvalue weighted by Gasteiger charge is -2.39. The number of hydrogen-bond acceptors (Lipinski definition) is 4. The third-order valence-electron chi connectivity index (χ3n) is 3.01. The molecule has 0 spiro atoms. The maximum atomic E-state index is 4.46. The molecule has 0 radical (unpaired) electrons. The standard InChI is InChI=1S/C12H15N5/c1-9-6-10(2)15-12(14-9)16-7-11(8-16)17-5-3-4-13-17/h3-6,11H,7-8H2,1-2H3. The second-order valence-electron chi connectivity index (χ2n) is 4.50. The van der Waals surface area contributed by atoms with Crippen molar-refractivity contribution in [2.45, 2.75) is 19.9 Å². The molecule has 1 aliphatic heterocycles. The lowest BCUT2D eigenvalue weighted by molar-refractivity contribution is 0.363. The molecule has 88 valence electrons. The van der Waals surface area contributed by atoms with Crippen LogP contribution in [0.1, 0.15) is 17.4 Å². The zero-order valence-electron chi connectivity index (χ0n) is 10.0. The summed E-state index contributed by atoms with van der Waals surface area (Å²) in [5, 5.41) is 4.25. The molecule has 2 aromatic rings. The van der Waals surface area contributed by atoms with Gasteiger partial charge in [-0.2, -0.15) is 5.10 Å². The Balaban J connectivity index is 1.73. The van der Waals surface area contributed by atoms with Crippen LogP contribution in [0.5, 0.6) is 0 Å². The molecule has 0 bridgehead atoms. The summed E-state index contributed by atoms with van der Waals surface area (Å²) in [4.78, 5) is 11.1. The predicted octanol–water partition coefficient (Wildman–Crippen LogP) is 1.35. The Hall–Kier alpha value is -1.91. The van der Waals surface area contributed by atoms with E-state index in [2.05, 4.69) is 20.0 Å². The van der Waals surface area contributed by atoms with Crippen LogP contribution >= 0.6 is 0 Å². The van der Waals surface area contributed by atoms with E-state index in [1.54, 1.807) is 0 Å². The van der Waals surface area contributed by atoms with Crippen LogP contribution in [0.3, 0.4) is 0 Å². The summed E-state index contributed by atoms with van der Waals surface area (Å²) in [6.45, 7) is 5.88. The lowest BCUT2D eigenvalue weighted by Crippen LogP contribution is -2.48. The molecule has 3 rings (SSSR count). The maximum absolute atomic E-state index is 4.46. The van der Waals surface area contributed by atoms with E-state index in [0.717, 1.165) is 30.4 Å². The van der Waals surface area contributed by atoms with Gasteiger partial charge in [0.25, 0.3) is 0 Å². The fraction of sp³-hybridized carbons (Fsp3) is 0.417. The Morgan fingerprint density at radius 2 is 1.88 bits per heavy atom. The SMILES string of the molecule is Cc1cc(C)nc(N2CC(n3cccn3)C2)n1. The molecule has 1 aliphatic rings. The van der Waals surface area contributed by atoms with E-state index in [0.29, 0.717) is 6.04 Å². The molecule has 5 nitrogen and oxygen atoms in total. The number of aryl methyl sites for hydroxylation is 2. The summed E-state index contributed by atoms with van der Waals surface area (Å²) in [6.07, 6.45) is 3.82. The summed E-state index contributed by atoms with van der Waals surface area (Å²) >= 11 is 0.